The molecule has 0 aromatic heterocycles. The maximum atomic E-state index is 2.46. The van der Waals surface area contributed by atoms with Crippen LogP contribution in [0.2, 0.25) is 0 Å². The lowest BCUT2D eigenvalue weighted by molar-refractivity contribution is 0.921. The van der Waals surface area contributed by atoms with Crippen LogP contribution in [0.15, 0.2) is 194 Å². The van der Waals surface area contributed by atoms with Gasteiger partial charge in [-0.15, -0.1) is 0 Å². The molecule has 0 radical (unpaired) electrons. The van der Waals surface area contributed by atoms with Crippen molar-refractivity contribution in [2.24, 2.45) is 0 Å². The zero-order valence-electron chi connectivity index (χ0n) is 36.6. The summed E-state index contributed by atoms with van der Waals surface area (Å²) in [5.74, 6) is 0. The van der Waals surface area contributed by atoms with E-state index in [1.54, 1.807) is 0 Å². The van der Waals surface area contributed by atoms with E-state index in [0.717, 1.165) is 49.9 Å². The molecule has 0 heterocycles. The van der Waals surface area contributed by atoms with Gasteiger partial charge in [0.25, 0.3) is 0 Å². The van der Waals surface area contributed by atoms with Gasteiger partial charge in [0.15, 0.2) is 0 Å². The summed E-state index contributed by atoms with van der Waals surface area (Å²) in [6.45, 7) is 8.99. The largest absolute Gasteiger partial charge is 0.310 e. The molecule has 0 saturated heterocycles. The normalized spacial score (nSPS) is 11.3. The Morgan fingerprint density at radius 3 is 0.984 bits per heavy atom. The van der Waals surface area contributed by atoms with Crippen molar-refractivity contribution in [3.63, 3.8) is 0 Å². The van der Waals surface area contributed by atoms with Crippen LogP contribution in [-0.4, -0.2) is 0 Å². The highest BCUT2D eigenvalue weighted by molar-refractivity contribution is 6.22. The van der Waals surface area contributed by atoms with Gasteiger partial charge in [-0.25, -0.2) is 0 Å². The highest BCUT2D eigenvalue weighted by Gasteiger charge is 2.22. The Bertz CT molecular complexity index is 2760. The number of benzene rings is 9. The number of rotatable bonds is 14. The van der Waals surface area contributed by atoms with Crippen LogP contribution in [0.1, 0.15) is 62.8 Å². The number of aryl methyl sites for hydroxylation is 4. The zero-order valence-corrected chi connectivity index (χ0v) is 36.6. The Morgan fingerprint density at radius 2 is 0.629 bits per heavy atom. The van der Waals surface area contributed by atoms with Gasteiger partial charge < -0.3 is 9.80 Å². The first kappa shape index (κ1) is 40.5. The number of nitrogens with zero attached hydrogens (tertiary/aromatic N) is 2. The highest BCUT2D eigenvalue weighted by atomic mass is 15.1. The predicted octanol–water partition coefficient (Wildman–Crippen LogP) is 17.3. The van der Waals surface area contributed by atoms with E-state index >= 15 is 0 Å². The lowest BCUT2D eigenvalue weighted by Gasteiger charge is -2.29. The van der Waals surface area contributed by atoms with E-state index in [0.29, 0.717) is 0 Å². The van der Waals surface area contributed by atoms with E-state index in [1.165, 1.54) is 88.8 Å². The lowest BCUT2D eigenvalue weighted by atomic mass is 9.85. The first-order valence-corrected chi connectivity index (χ1v) is 22.7. The summed E-state index contributed by atoms with van der Waals surface area (Å²) in [6.07, 6.45) is 6.27. The van der Waals surface area contributed by atoms with E-state index < -0.39 is 0 Å². The Morgan fingerprint density at radius 1 is 0.290 bits per heavy atom. The van der Waals surface area contributed by atoms with Crippen LogP contribution >= 0.6 is 0 Å². The van der Waals surface area contributed by atoms with E-state index in [1.807, 2.05) is 0 Å². The minimum Gasteiger partial charge on any atom is -0.310 e. The Labute approximate surface area is 368 Å². The van der Waals surface area contributed by atoms with Gasteiger partial charge in [-0.05, 0) is 165 Å². The highest BCUT2D eigenvalue weighted by Crippen LogP contribution is 2.48. The molecular weight excluding hydrogens is 749 g/mol. The molecule has 0 aliphatic heterocycles. The van der Waals surface area contributed by atoms with Crippen molar-refractivity contribution in [2.75, 3.05) is 9.80 Å². The lowest BCUT2D eigenvalue weighted by Crippen LogP contribution is -2.11. The molecule has 9 aromatic rings. The number of anilines is 6. The molecule has 0 spiro atoms. The molecule has 9 aromatic carbocycles. The molecule has 0 saturated carbocycles. The molecule has 62 heavy (non-hydrogen) atoms. The fourth-order valence-electron chi connectivity index (χ4n) is 9.32. The topological polar surface area (TPSA) is 6.48 Å². The van der Waals surface area contributed by atoms with Crippen LogP contribution < -0.4 is 9.80 Å². The summed E-state index contributed by atoms with van der Waals surface area (Å²) >= 11 is 0. The van der Waals surface area contributed by atoms with Crippen LogP contribution in [0.4, 0.5) is 34.1 Å². The van der Waals surface area contributed by atoms with Gasteiger partial charge in [0.05, 0.1) is 0 Å². The Hall–Kier alpha value is -6.90. The minimum absolute atomic E-state index is 0.980. The summed E-state index contributed by atoms with van der Waals surface area (Å²) in [7, 11) is 0. The second-order valence-electron chi connectivity index (χ2n) is 16.5. The third kappa shape index (κ3) is 8.14. The fraction of sp³-hybridized carbons (Fsp3) is 0.167. The van der Waals surface area contributed by atoms with Crippen molar-refractivity contribution in [3.05, 3.63) is 216 Å². The van der Waals surface area contributed by atoms with Gasteiger partial charge in [0.2, 0.25) is 0 Å². The van der Waals surface area contributed by atoms with Gasteiger partial charge in [-0.1, -0.05) is 162 Å². The van der Waals surface area contributed by atoms with E-state index in [4.69, 9.17) is 0 Å². The molecule has 0 unspecified atom stereocenters. The monoisotopic (exact) mass is 804 g/mol. The minimum atomic E-state index is 0.980. The number of hydrogen-bond donors (Lipinski definition) is 0. The molecule has 0 N–H and O–H groups in total. The Kier molecular flexibility index (Phi) is 12.0. The van der Waals surface area contributed by atoms with Crippen molar-refractivity contribution in [3.8, 4) is 22.3 Å². The summed E-state index contributed by atoms with van der Waals surface area (Å²) in [5.41, 5.74) is 17.2. The van der Waals surface area contributed by atoms with Crippen LogP contribution in [-0.2, 0) is 25.7 Å². The average Bonchev–Trinajstić information content (AvgIpc) is 3.32. The molecule has 0 aliphatic rings. The van der Waals surface area contributed by atoms with Gasteiger partial charge >= 0.3 is 0 Å². The van der Waals surface area contributed by atoms with Crippen LogP contribution in [0.25, 0.3) is 43.8 Å². The summed E-state index contributed by atoms with van der Waals surface area (Å²) in [4.78, 5) is 4.91. The smallest absolute Gasteiger partial charge is 0.0468 e. The first-order valence-electron chi connectivity index (χ1n) is 22.7. The SMILES string of the molecule is CCCc1cccc(N(c2cccc(CC)c2)c2ccc3c(-c4ccccc4)c4cc(N(c5cccc(CC)c5)c5cccc(CCC)c5)ccc4c(-c4ccccc4)c3c2)c1. The average molecular weight is 805 g/mol. The Balaban J connectivity index is 1.35. The second kappa shape index (κ2) is 18.4. The molecule has 0 bridgehead atoms. The molecule has 306 valence electrons. The van der Waals surface area contributed by atoms with E-state index in [2.05, 4.69) is 232 Å². The van der Waals surface area contributed by atoms with Gasteiger partial charge in [-0.2, -0.15) is 0 Å². The number of fused-ring (bicyclic) bond motifs is 2. The summed E-state index contributed by atoms with van der Waals surface area (Å²) in [6, 6.07) is 72.7. The zero-order chi connectivity index (χ0) is 42.4. The third-order valence-electron chi connectivity index (χ3n) is 12.3. The standard InChI is InChI=1S/C60H56N2/c1-5-19-45-23-17-31-51(39-45)61(49-29-15-21-43(7-3)37-49)53-33-35-55-57(41-53)59(47-25-11-9-12-26-47)56-36-34-54(42-58(56)60(55)48-27-13-10-14-28-48)62(50-30-16-22-44(8-4)38-50)52-32-18-24-46(40-52)20-6-2/h9-18,21-42H,5-8,19-20H2,1-4H3. The maximum absolute atomic E-state index is 2.46. The van der Waals surface area contributed by atoms with Crippen molar-refractivity contribution in [2.45, 2.75) is 66.2 Å². The predicted molar refractivity (Wildman–Crippen MR) is 268 cm³/mol. The molecule has 0 atom stereocenters. The summed E-state index contributed by atoms with van der Waals surface area (Å²) < 4.78 is 0. The fourth-order valence-corrected chi connectivity index (χ4v) is 9.32. The molecular formula is C60H56N2. The maximum Gasteiger partial charge on any atom is 0.0468 e. The van der Waals surface area contributed by atoms with Gasteiger partial charge in [0.1, 0.15) is 0 Å². The van der Waals surface area contributed by atoms with Gasteiger partial charge in [0, 0.05) is 34.1 Å². The molecule has 0 amide bonds. The molecule has 0 aliphatic carbocycles. The van der Waals surface area contributed by atoms with Crippen LogP contribution in [0, 0.1) is 0 Å². The van der Waals surface area contributed by atoms with Crippen molar-refractivity contribution < 1.29 is 0 Å². The van der Waals surface area contributed by atoms with E-state index in [-0.39, 0.29) is 0 Å². The van der Waals surface area contributed by atoms with Crippen molar-refractivity contribution in [1.82, 2.24) is 0 Å². The van der Waals surface area contributed by atoms with Crippen molar-refractivity contribution in [1.29, 1.82) is 0 Å². The van der Waals surface area contributed by atoms with Crippen LogP contribution in [0.5, 0.6) is 0 Å². The first-order chi connectivity index (χ1) is 30.6. The molecule has 0 fully saturated rings. The second-order valence-corrected chi connectivity index (χ2v) is 16.5. The van der Waals surface area contributed by atoms with Crippen molar-refractivity contribution >= 4 is 55.7 Å². The summed E-state index contributed by atoms with van der Waals surface area (Å²) in [5, 5.41) is 4.92. The van der Waals surface area contributed by atoms with Crippen LogP contribution in [0.3, 0.4) is 0 Å². The van der Waals surface area contributed by atoms with E-state index in [9.17, 15) is 0 Å². The molecule has 2 heteroatoms. The van der Waals surface area contributed by atoms with Gasteiger partial charge in [-0.3, -0.25) is 0 Å². The third-order valence-corrected chi connectivity index (χ3v) is 12.3. The number of hydrogen-bond acceptors (Lipinski definition) is 2. The molecule has 9 rings (SSSR count). The molecule has 2 nitrogen and oxygen atoms in total. The quantitative estimate of drug-likeness (QED) is 0.101.